The van der Waals surface area contributed by atoms with Gasteiger partial charge in [-0.05, 0) is 44.6 Å². The molecule has 0 bridgehead atoms. The molecule has 1 heterocycles. The number of rotatable bonds is 7. The number of anilines is 3. The third-order valence-corrected chi connectivity index (χ3v) is 3.55. The Kier molecular flexibility index (Phi) is 5.93. The van der Waals surface area contributed by atoms with Crippen LogP contribution in [0.25, 0.3) is 0 Å². The minimum Gasteiger partial charge on any atom is -0.353 e. The maximum absolute atomic E-state index is 4.53. The molecule has 0 aliphatic heterocycles. The fourth-order valence-electron chi connectivity index (χ4n) is 2.20. The average molecular weight is 313 g/mol. The average Bonchev–Trinajstić information content (AvgIpc) is 2.46. The van der Waals surface area contributed by atoms with Crippen LogP contribution in [0.4, 0.5) is 17.5 Å². The first kappa shape index (κ1) is 17.2. The lowest BCUT2D eigenvalue weighted by molar-refractivity contribution is 0.425. The van der Waals surface area contributed by atoms with Crippen molar-refractivity contribution < 1.29 is 0 Å². The summed E-state index contributed by atoms with van der Waals surface area (Å²) in [7, 11) is 4.10. The van der Waals surface area contributed by atoms with Gasteiger partial charge in [0.2, 0.25) is 5.95 Å². The van der Waals surface area contributed by atoms with Gasteiger partial charge < -0.3 is 15.5 Å². The summed E-state index contributed by atoms with van der Waals surface area (Å²) in [6.07, 6.45) is 0. The van der Waals surface area contributed by atoms with E-state index in [1.807, 2.05) is 27.1 Å². The molecule has 0 fully saturated rings. The van der Waals surface area contributed by atoms with Crippen LogP contribution >= 0.6 is 0 Å². The SMILES string of the molecule is Cc1cc(Nc2ccc(C(C)C)cc2)nc(NCCN(C)C)n1. The van der Waals surface area contributed by atoms with E-state index in [4.69, 9.17) is 0 Å². The molecule has 5 nitrogen and oxygen atoms in total. The van der Waals surface area contributed by atoms with E-state index in [2.05, 4.69) is 63.6 Å². The lowest BCUT2D eigenvalue weighted by Crippen LogP contribution is -2.21. The molecule has 5 heteroatoms. The molecule has 0 saturated heterocycles. The molecule has 0 radical (unpaired) electrons. The van der Waals surface area contributed by atoms with Crippen LogP contribution in [-0.4, -0.2) is 42.1 Å². The van der Waals surface area contributed by atoms with E-state index >= 15 is 0 Å². The second-order valence-electron chi connectivity index (χ2n) is 6.35. The van der Waals surface area contributed by atoms with Gasteiger partial charge in [-0.3, -0.25) is 0 Å². The zero-order valence-electron chi connectivity index (χ0n) is 14.7. The van der Waals surface area contributed by atoms with E-state index in [1.165, 1.54) is 5.56 Å². The van der Waals surface area contributed by atoms with Crippen LogP contribution in [0.15, 0.2) is 30.3 Å². The number of hydrogen-bond donors (Lipinski definition) is 2. The Balaban J connectivity index is 2.05. The van der Waals surface area contributed by atoms with Crippen LogP contribution < -0.4 is 10.6 Å². The van der Waals surface area contributed by atoms with Crippen LogP contribution in [0.3, 0.4) is 0 Å². The molecule has 2 rings (SSSR count). The third kappa shape index (κ3) is 5.53. The highest BCUT2D eigenvalue weighted by Crippen LogP contribution is 2.20. The predicted octanol–water partition coefficient (Wildman–Crippen LogP) is 3.63. The number of nitrogens with zero attached hydrogens (tertiary/aromatic N) is 3. The van der Waals surface area contributed by atoms with Gasteiger partial charge in [0.05, 0.1) is 0 Å². The van der Waals surface area contributed by atoms with Crippen LogP contribution in [0.2, 0.25) is 0 Å². The Morgan fingerprint density at radius 1 is 1.09 bits per heavy atom. The smallest absolute Gasteiger partial charge is 0.224 e. The van der Waals surface area contributed by atoms with Crippen molar-refractivity contribution in [1.82, 2.24) is 14.9 Å². The molecule has 124 valence electrons. The highest BCUT2D eigenvalue weighted by molar-refractivity contribution is 5.58. The number of likely N-dealkylation sites (N-methyl/N-ethyl adjacent to an activating group) is 1. The van der Waals surface area contributed by atoms with E-state index in [-0.39, 0.29) is 0 Å². The van der Waals surface area contributed by atoms with Gasteiger partial charge in [-0.2, -0.15) is 4.98 Å². The van der Waals surface area contributed by atoms with Crippen molar-refractivity contribution in [2.45, 2.75) is 26.7 Å². The summed E-state index contributed by atoms with van der Waals surface area (Å²) in [5.74, 6) is 2.01. The van der Waals surface area contributed by atoms with Gasteiger partial charge in [0.1, 0.15) is 5.82 Å². The van der Waals surface area contributed by atoms with Gasteiger partial charge in [0.25, 0.3) is 0 Å². The van der Waals surface area contributed by atoms with E-state index in [1.54, 1.807) is 0 Å². The molecule has 1 aromatic heterocycles. The molecule has 0 spiro atoms. The first-order chi connectivity index (χ1) is 10.9. The minimum absolute atomic E-state index is 0.540. The molecule has 0 saturated carbocycles. The van der Waals surface area contributed by atoms with Crippen molar-refractivity contribution in [3.8, 4) is 0 Å². The maximum atomic E-state index is 4.53. The zero-order chi connectivity index (χ0) is 16.8. The van der Waals surface area contributed by atoms with Gasteiger partial charge in [-0.15, -0.1) is 0 Å². The Labute approximate surface area is 139 Å². The highest BCUT2D eigenvalue weighted by Gasteiger charge is 2.04. The molecule has 0 amide bonds. The lowest BCUT2D eigenvalue weighted by Gasteiger charge is -2.13. The van der Waals surface area contributed by atoms with Gasteiger partial charge >= 0.3 is 0 Å². The van der Waals surface area contributed by atoms with Crippen LogP contribution in [0, 0.1) is 6.92 Å². The van der Waals surface area contributed by atoms with Gasteiger partial charge in [-0.25, -0.2) is 4.98 Å². The minimum atomic E-state index is 0.540. The van der Waals surface area contributed by atoms with Crippen LogP contribution in [0.1, 0.15) is 31.0 Å². The van der Waals surface area contributed by atoms with Crippen LogP contribution in [0.5, 0.6) is 0 Å². The normalized spacial score (nSPS) is 11.1. The topological polar surface area (TPSA) is 53.1 Å². The van der Waals surface area contributed by atoms with Gasteiger partial charge in [0.15, 0.2) is 0 Å². The first-order valence-corrected chi connectivity index (χ1v) is 8.05. The fraction of sp³-hybridized carbons (Fsp3) is 0.444. The third-order valence-electron chi connectivity index (χ3n) is 3.55. The van der Waals surface area contributed by atoms with Crippen LogP contribution in [-0.2, 0) is 0 Å². The molecule has 0 aliphatic carbocycles. The summed E-state index contributed by atoms with van der Waals surface area (Å²) in [6.45, 7) is 8.13. The number of benzene rings is 1. The summed E-state index contributed by atoms with van der Waals surface area (Å²) in [6, 6.07) is 10.4. The Hall–Kier alpha value is -2.14. The lowest BCUT2D eigenvalue weighted by atomic mass is 10.0. The van der Waals surface area contributed by atoms with E-state index in [9.17, 15) is 0 Å². The molecular weight excluding hydrogens is 286 g/mol. The standard InChI is InChI=1S/C18H27N5/c1-13(2)15-6-8-16(9-7-15)21-17-12-14(3)20-18(22-17)19-10-11-23(4)5/h6-9,12-13H,10-11H2,1-5H3,(H2,19,20,21,22). The van der Waals surface area contributed by atoms with E-state index < -0.39 is 0 Å². The highest BCUT2D eigenvalue weighted by atomic mass is 15.2. The van der Waals surface area contributed by atoms with Crippen molar-refractivity contribution >= 4 is 17.5 Å². The van der Waals surface area contributed by atoms with Crippen molar-refractivity contribution in [3.63, 3.8) is 0 Å². The van der Waals surface area contributed by atoms with Crippen molar-refractivity contribution in [3.05, 3.63) is 41.6 Å². The zero-order valence-corrected chi connectivity index (χ0v) is 14.7. The molecule has 0 atom stereocenters. The Bertz CT molecular complexity index is 620. The molecule has 2 N–H and O–H groups in total. The number of aromatic nitrogens is 2. The maximum Gasteiger partial charge on any atom is 0.224 e. The Morgan fingerprint density at radius 2 is 1.78 bits per heavy atom. The predicted molar refractivity (Wildman–Crippen MR) is 97.6 cm³/mol. The fourth-order valence-corrected chi connectivity index (χ4v) is 2.20. The summed E-state index contributed by atoms with van der Waals surface area (Å²) in [5, 5.41) is 6.61. The van der Waals surface area contributed by atoms with Crippen molar-refractivity contribution in [2.75, 3.05) is 37.8 Å². The monoisotopic (exact) mass is 313 g/mol. The largest absolute Gasteiger partial charge is 0.353 e. The summed E-state index contributed by atoms with van der Waals surface area (Å²) in [5.41, 5.74) is 3.31. The number of hydrogen-bond acceptors (Lipinski definition) is 5. The number of nitrogens with one attached hydrogen (secondary N) is 2. The van der Waals surface area contributed by atoms with Gasteiger partial charge in [-0.1, -0.05) is 26.0 Å². The molecular formula is C18H27N5. The molecule has 2 aromatic rings. The van der Waals surface area contributed by atoms with Gasteiger partial charge in [0, 0.05) is 30.5 Å². The first-order valence-electron chi connectivity index (χ1n) is 8.05. The second-order valence-corrected chi connectivity index (χ2v) is 6.35. The Morgan fingerprint density at radius 3 is 2.39 bits per heavy atom. The summed E-state index contributed by atoms with van der Waals surface area (Å²) >= 11 is 0. The molecule has 0 aliphatic rings. The molecule has 23 heavy (non-hydrogen) atoms. The molecule has 1 aromatic carbocycles. The van der Waals surface area contributed by atoms with E-state index in [0.717, 1.165) is 30.3 Å². The quantitative estimate of drug-likeness (QED) is 0.817. The second kappa shape index (κ2) is 7.92. The summed E-state index contributed by atoms with van der Waals surface area (Å²) in [4.78, 5) is 11.1. The van der Waals surface area contributed by atoms with Crippen molar-refractivity contribution in [2.24, 2.45) is 0 Å². The summed E-state index contributed by atoms with van der Waals surface area (Å²) < 4.78 is 0. The number of aryl methyl sites for hydroxylation is 1. The van der Waals surface area contributed by atoms with Crippen molar-refractivity contribution in [1.29, 1.82) is 0 Å². The van der Waals surface area contributed by atoms with E-state index in [0.29, 0.717) is 11.9 Å². The molecule has 0 unspecified atom stereocenters.